The van der Waals surface area contributed by atoms with Crippen LogP contribution in [0.4, 0.5) is 10.1 Å². The van der Waals surface area contributed by atoms with Crippen molar-refractivity contribution in [2.24, 2.45) is 0 Å². The van der Waals surface area contributed by atoms with Crippen LogP contribution in [-0.2, 0) is 4.74 Å². The molecule has 0 saturated carbocycles. The number of nitrogens with zero attached hydrogens (tertiary/aromatic N) is 2. The van der Waals surface area contributed by atoms with Gasteiger partial charge in [-0.3, -0.25) is 14.6 Å². The molecular formula is C22H20FN3O3. The Morgan fingerprint density at radius 3 is 2.62 bits per heavy atom. The lowest BCUT2D eigenvalue weighted by atomic mass is 10.1. The maximum atomic E-state index is 13.6. The second kappa shape index (κ2) is 7.97. The van der Waals surface area contributed by atoms with Crippen molar-refractivity contribution in [3.63, 3.8) is 0 Å². The topological polar surface area (TPSA) is 71.5 Å². The van der Waals surface area contributed by atoms with Gasteiger partial charge in [0.15, 0.2) is 0 Å². The molecule has 0 unspecified atom stereocenters. The number of para-hydroxylation sites is 1. The smallest absolute Gasteiger partial charge is 0.256 e. The van der Waals surface area contributed by atoms with Crippen molar-refractivity contribution in [3.8, 4) is 0 Å². The van der Waals surface area contributed by atoms with E-state index in [1.165, 1.54) is 18.2 Å². The van der Waals surface area contributed by atoms with Crippen molar-refractivity contribution in [1.29, 1.82) is 0 Å². The number of nitrogens with one attached hydrogen (secondary N) is 1. The summed E-state index contributed by atoms with van der Waals surface area (Å²) in [4.78, 5) is 32.0. The predicted octanol–water partition coefficient (Wildman–Crippen LogP) is 3.41. The minimum atomic E-state index is -0.414. The molecule has 0 radical (unpaired) electrons. The summed E-state index contributed by atoms with van der Waals surface area (Å²) in [6, 6.07) is 12.7. The summed E-state index contributed by atoms with van der Waals surface area (Å²) >= 11 is 0. The molecule has 1 aliphatic rings. The van der Waals surface area contributed by atoms with E-state index < -0.39 is 5.82 Å². The van der Waals surface area contributed by atoms with E-state index in [-0.39, 0.29) is 11.8 Å². The average molecular weight is 393 g/mol. The van der Waals surface area contributed by atoms with Gasteiger partial charge in [-0.25, -0.2) is 4.39 Å². The van der Waals surface area contributed by atoms with Crippen LogP contribution in [0.1, 0.15) is 26.4 Å². The van der Waals surface area contributed by atoms with Gasteiger partial charge in [0.25, 0.3) is 11.8 Å². The summed E-state index contributed by atoms with van der Waals surface area (Å²) in [7, 11) is 0. The Balaban J connectivity index is 1.66. The third-order valence-corrected chi connectivity index (χ3v) is 4.85. The summed E-state index contributed by atoms with van der Waals surface area (Å²) in [5, 5.41) is 3.39. The van der Waals surface area contributed by atoms with Gasteiger partial charge in [0.2, 0.25) is 0 Å². The van der Waals surface area contributed by atoms with E-state index in [2.05, 4.69) is 10.3 Å². The second-order valence-corrected chi connectivity index (χ2v) is 6.88. The van der Waals surface area contributed by atoms with Crippen molar-refractivity contribution < 1.29 is 18.7 Å². The van der Waals surface area contributed by atoms with Crippen LogP contribution in [0.3, 0.4) is 0 Å². The molecule has 4 rings (SSSR count). The van der Waals surface area contributed by atoms with E-state index in [1.807, 2.05) is 0 Å². The quantitative estimate of drug-likeness (QED) is 0.740. The highest BCUT2D eigenvalue weighted by Crippen LogP contribution is 2.23. The second-order valence-electron chi connectivity index (χ2n) is 6.88. The maximum Gasteiger partial charge on any atom is 0.256 e. The number of rotatable bonds is 3. The number of anilines is 1. The number of benzene rings is 2. The first-order chi connectivity index (χ1) is 14.0. The third-order valence-electron chi connectivity index (χ3n) is 4.85. The molecule has 7 heteroatoms. The van der Waals surface area contributed by atoms with Gasteiger partial charge >= 0.3 is 0 Å². The minimum Gasteiger partial charge on any atom is -0.378 e. The van der Waals surface area contributed by atoms with E-state index in [0.29, 0.717) is 59.7 Å². The highest BCUT2D eigenvalue weighted by atomic mass is 19.1. The molecule has 29 heavy (non-hydrogen) atoms. The molecule has 0 atom stereocenters. The number of amides is 2. The standard InChI is InChI=1S/C22H20FN3O3/c1-14-12-18(16-7-6-15(23)13-20(16)24-14)21(27)25-19-5-3-2-4-17(19)22(28)26-8-10-29-11-9-26/h2-7,12-13H,8-11H2,1H3,(H,25,27). The molecule has 3 aromatic rings. The number of aromatic nitrogens is 1. The normalized spacial score (nSPS) is 14.1. The highest BCUT2D eigenvalue weighted by Gasteiger charge is 2.22. The number of morpholine rings is 1. The SMILES string of the molecule is Cc1cc(C(=O)Nc2ccccc2C(=O)N2CCOCC2)c2ccc(F)cc2n1. The van der Waals surface area contributed by atoms with E-state index >= 15 is 0 Å². The largest absolute Gasteiger partial charge is 0.378 e. The molecule has 2 aromatic carbocycles. The van der Waals surface area contributed by atoms with Gasteiger partial charge in [0.05, 0.1) is 35.5 Å². The van der Waals surface area contributed by atoms with Gasteiger partial charge < -0.3 is 15.0 Å². The van der Waals surface area contributed by atoms with E-state index in [0.717, 1.165) is 0 Å². The molecule has 1 saturated heterocycles. The van der Waals surface area contributed by atoms with Crippen LogP contribution in [-0.4, -0.2) is 48.0 Å². The minimum absolute atomic E-state index is 0.151. The molecule has 1 aliphatic heterocycles. The van der Waals surface area contributed by atoms with Crippen LogP contribution in [0, 0.1) is 12.7 Å². The Labute approximate surface area is 167 Å². The fraction of sp³-hybridized carbons (Fsp3) is 0.227. The van der Waals surface area contributed by atoms with E-state index in [9.17, 15) is 14.0 Å². The number of carbonyl (C=O) groups is 2. The Bertz CT molecular complexity index is 1090. The summed E-state index contributed by atoms with van der Waals surface area (Å²) in [5.74, 6) is -0.945. The van der Waals surface area contributed by atoms with Gasteiger partial charge in [-0.1, -0.05) is 12.1 Å². The molecule has 6 nitrogen and oxygen atoms in total. The molecule has 2 heterocycles. The van der Waals surface area contributed by atoms with Crippen LogP contribution in [0.25, 0.3) is 10.9 Å². The third kappa shape index (κ3) is 3.95. The van der Waals surface area contributed by atoms with Crippen LogP contribution < -0.4 is 5.32 Å². The average Bonchev–Trinajstić information content (AvgIpc) is 2.73. The summed E-state index contributed by atoms with van der Waals surface area (Å²) in [6.07, 6.45) is 0. The molecule has 2 amide bonds. The van der Waals surface area contributed by atoms with E-state index in [1.54, 1.807) is 42.2 Å². The zero-order valence-electron chi connectivity index (χ0n) is 15.9. The number of halogens is 1. The Kier molecular flexibility index (Phi) is 5.22. The monoisotopic (exact) mass is 393 g/mol. The first-order valence-electron chi connectivity index (χ1n) is 9.37. The van der Waals surface area contributed by atoms with Gasteiger partial charge in [-0.2, -0.15) is 0 Å². The number of carbonyl (C=O) groups excluding carboxylic acids is 2. The number of fused-ring (bicyclic) bond motifs is 1. The number of hydrogen-bond acceptors (Lipinski definition) is 4. The molecule has 148 valence electrons. The van der Waals surface area contributed by atoms with Gasteiger partial charge in [-0.15, -0.1) is 0 Å². The van der Waals surface area contributed by atoms with Gasteiger partial charge in [0, 0.05) is 30.2 Å². The zero-order valence-corrected chi connectivity index (χ0v) is 15.9. The summed E-state index contributed by atoms with van der Waals surface area (Å²) < 4.78 is 18.9. The van der Waals surface area contributed by atoms with Crippen molar-refractivity contribution in [2.75, 3.05) is 31.6 Å². The fourth-order valence-electron chi connectivity index (χ4n) is 3.43. The summed E-state index contributed by atoms with van der Waals surface area (Å²) in [6.45, 7) is 3.77. The fourth-order valence-corrected chi connectivity index (χ4v) is 3.43. The lowest BCUT2D eigenvalue weighted by Gasteiger charge is -2.27. The number of pyridine rings is 1. The maximum absolute atomic E-state index is 13.6. The van der Waals surface area contributed by atoms with Crippen LogP contribution in [0.15, 0.2) is 48.5 Å². The molecule has 0 bridgehead atoms. The molecular weight excluding hydrogens is 373 g/mol. The number of aryl methyl sites for hydroxylation is 1. The van der Waals surface area contributed by atoms with Crippen molar-refractivity contribution in [3.05, 3.63) is 71.2 Å². The predicted molar refractivity (Wildman–Crippen MR) is 108 cm³/mol. The van der Waals surface area contributed by atoms with Crippen LogP contribution >= 0.6 is 0 Å². The molecule has 1 aromatic heterocycles. The number of ether oxygens (including phenoxy) is 1. The highest BCUT2D eigenvalue weighted by molar-refractivity contribution is 6.14. The van der Waals surface area contributed by atoms with E-state index in [4.69, 9.17) is 4.74 Å². The van der Waals surface area contributed by atoms with Crippen molar-refractivity contribution in [2.45, 2.75) is 6.92 Å². The molecule has 0 spiro atoms. The first-order valence-corrected chi connectivity index (χ1v) is 9.37. The molecule has 1 fully saturated rings. The zero-order chi connectivity index (χ0) is 20.4. The van der Waals surface area contributed by atoms with Crippen LogP contribution in [0.5, 0.6) is 0 Å². The van der Waals surface area contributed by atoms with Gasteiger partial charge in [-0.05, 0) is 37.3 Å². The van der Waals surface area contributed by atoms with Crippen molar-refractivity contribution in [1.82, 2.24) is 9.88 Å². The lowest BCUT2D eigenvalue weighted by Crippen LogP contribution is -2.41. The van der Waals surface area contributed by atoms with Crippen molar-refractivity contribution >= 4 is 28.4 Å². The van der Waals surface area contributed by atoms with Crippen LogP contribution in [0.2, 0.25) is 0 Å². The Morgan fingerprint density at radius 1 is 1.07 bits per heavy atom. The lowest BCUT2D eigenvalue weighted by molar-refractivity contribution is 0.0303. The summed E-state index contributed by atoms with van der Waals surface area (Å²) in [5.41, 5.74) is 2.24. The Morgan fingerprint density at radius 2 is 1.83 bits per heavy atom. The molecule has 0 aliphatic carbocycles. The first kappa shape index (κ1) is 19.0. The molecule has 1 N–H and O–H groups in total. The Hall–Kier alpha value is -3.32. The number of hydrogen-bond donors (Lipinski definition) is 1. The van der Waals surface area contributed by atoms with Gasteiger partial charge in [0.1, 0.15) is 5.82 Å².